The molecule has 0 aliphatic rings. The number of fused-ring (bicyclic) bond motifs is 2. The summed E-state index contributed by atoms with van der Waals surface area (Å²) in [4.78, 5) is 12.1. The van der Waals surface area contributed by atoms with E-state index < -0.39 is 0 Å². The Bertz CT molecular complexity index is 1480. The molecule has 0 bridgehead atoms. The van der Waals surface area contributed by atoms with Gasteiger partial charge in [0, 0.05) is 52.2 Å². The SMILES string of the molecule is c1cncc(-c2ccc3[nH]nc(-c4cc5c(-c6cccnc6)cccc5[nH]4)c3c2)c1. The van der Waals surface area contributed by atoms with E-state index in [1.807, 2.05) is 24.5 Å². The Balaban J connectivity index is 1.52. The topological polar surface area (TPSA) is 70.2 Å². The Hall–Kier alpha value is -4.25. The first-order valence-electron chi connectivity index (χ1n) is 9.78. The zero-order chi connectivity index (χ0) is 19.9. The minimum Gasteiger partial charge on any atom is -0.353 e. The first-order chi connectivity index (χ1) is 14.9. The second-order valence-electron chi connectivity index (χ2n) is 7.27. The highest BCUT2D eigenvalue weighted by atomic mass is 15.1. The molecule has 5 heteroatoms. The minimum absolute atomic E-state index is 0.907. The summed E-state index contributed by atoms with van der Waals surface area (Å²) in [7, 11) is 0. The van der Waals surface area contributed by atoms with E-state index in [2.05, 4.69) is 79.7 Å². The van der Waals surface area contributed by atoms with Gasteiger partial charge in [-0.15, -0.1) is 0 Å². The van der Waals surface area contributed by atoms with Crippen molar-refractivity contribution in [3.63, 3.8) is 0 Å². The molecule has 0 unspecified atom stereocenters. The van der Waals surface area contributed by atoms with Crippen molar-refractivity contribution in [1.82, 2.24) is 25.1 Å². The van der Waals surface area contributed by atoms with Crippen molar-refractivity contribution in [2.24, 2.45) is 0 Å². The number of nitrogens with zero attached hydrogens (tertiary/aromatic N) is 3. The summed E-state index contributed by atoms with van der Waals surface area (Å²) in [6, 6.07) is 22.8. The molecular formula is C25H17N5. The summed E-state index contributed by atoms with van der Waals surface area (Å²) in [6.45, 7) is 0. The van der Waals surface area contributed by atoms with Crippen LogP contribution in [0.2, 0.25) is 0 Å². The van der Waals surface area contributed by atoms with E-state index in [-0.39, 0.29) is 0 Å². The molecule has 0 atom stereocenters. The molecule has 0 saturated carbocycles. The number of hydrogen-bond acceptors (Lipinski definition) is 3. The zero-order valence-electron chi connectivity index (χ0n) is 16.0. The number of nitrogens with one attached hydrogen (secondary N) is 2. The van der Waals surface area contributed by atoms with Crippen LogP contribution in [0.15, 0.2) is 91.5 Å². The third-order valence-corrected chi connectivity index (χ3v) is 5.45. The molecule has 30 heavy (non-hydrogen) atoms. The predicted octanol–water partition coefficient (Wildman–Crippen LogP) is 5.84. The average molecular weight is 387 g/mol. The van der Waals surface area contributed by atoms with Gasteiger partial charge in [0.1, 0.15) is 5.69 Å². The van der Waals surface area contributed by atoms with Crippen LogP contribution in [0, 0.1) is 0 Å². The second kappa shape index (κ2) is 6.67. The van der Waals surface area contributed by atoms with E-state index >= 15 is 0 Å². The van der Waals surface area contributed by atoms with Gasteiger partial charge in [-0.2, -0.15) is 5.10 Å². The molecular weight excluding hydrogens is 370 g/mol. The van der Waals surface area contributed by atoms with E-state index in [0.717, 1.165) is 55.4 Å². The molecule has 0 aliphatic heterocycles. The van der Waals surface area contributed by atoms with Crippen LogP contribution in [0.25, 0.3) is 55.4 Å². The van der Waals surface area contributed by atoms with Gasteiger partial charge in [-0.1, -0.05) is 30.3 Å². The van der Waals surface area contributed by atoms with Gasteiger partial charge < -0.3 is 4.98 Å². The summed E-state index contributed by atoms with van der Waals surface area (Å²) in [5, 5.41) is 10.0. The summed E-state index contributed by atoms with van der Waals surface area (Å²) in [5.74, 6) is 0. The summed E-state index contributed by atoms with van der Waals surface area (Å²) >= 11 is 0. The van der Waals surface area contributed by atoms with Crippen LogP contribution in [0.4, 0.5) is 0 Å². The van der Waals surface area contributed by atoms with E-state index in [9.17, 15) is 0 Å². The van der Waals surface area contributed by atoms with Gasteiger partial charge >= 0.3 is 0 Å². The number of benzene rings is 2. The quantitative estimate of drug-likeness (QED) is 0.401. The normalized spacial score (nSPS) is 11.3. The van der Waals surface area contributed by atoms with Gasteiger partial charge in [0.15, 0.2) is 0 Å². The van der Waals surface area contributed by atoms with Crippen LogP contribution < -0.4 is 0 Å². The molecule has 0 spiro atoms. The van der Waals surface area contributed by atoms with E-state index in [0.29, 0.717) is 0 Å². The van der Waals surface area contributed by atoms with Gasteiger partial charge in [0.25, 0.3) is 0 Å². The number of rotatable bonds is 3. The molecule has 0 radical (unpaired) electrons. The fourth-order valence-electron chi connectivity index (χ4n) is 3.99. The lowest BCUT2D eigenvalue weighted by Crippen LogP contribution is -1.81. The maximum atomic E-state index is 4.61. The Kier molecular flexibility index (Phi) is 3.71. The summed E-state index contributed by atoms with van der Waals surface area (Å²) in [5.41, 5.74) is 8.42. The first kappa shape index (κ1) is 16.7. The van der Waals surface area contributed by atoms with Gasteiger partial charge in [-0.25, -0.2) is 0 Å². The van der Waals surface area contributed by atoms with Crippen molar-refractivity contribution in [3.05, 3.63) is 91.5 Å². The molecule has 0 fully saturated rings. The Morgan fingerprint density at radius 2 is 1.47 bits per heavy atom. The molecule has 5 nitrogen and oxygen atoms in total. The number of H-pyrrole nitrogens is 2. The molecule has 4 heterocycles. The largest absolute Gasteiger partial charge is 0.353 e. The average Bonchev–Trinajstić information content (AvgIpc) is 3.43. The standard InChI is InChI=1S/C25H17N5/c1-6-19(18-5-3-11-27-15-18)20-13-24(28-22(20)7-1)25-21-12-16(8-9-23(21)29-30-25)17-4-2-10-26-14-17/h1-15,28H,(H,29,30). The van der Waals surface area contributed by atoms with Crippen LogP contribution in [0.5, 0.6) is 0 Å². The van der Waals surface area contributed by atoms with Crippen molar-refractivity contribution in [1.29, 1.82) is 0 Å². The van der Waals surface area contributed by atoms with Gasteiger partial charge in [-0.3, -0.25) is 15.1 Å². The molecule has 4 aromatic heterocycles. The number of aromatic amines is 2. The Labute approximate surface area is 172 Å². The molecule has 142 valence electrons. The van der Waals surface area contributed by atoms with Crippen molar-refractivity contribution in [3.8, 4) is 33.6 Å². The van der Waals surface area contributed by atoms with Crippen LogP contribution in [0.1, 0.15) is 0 Å². The van der Waals surface area contributed by atoms with Gasteiger partial charge in [-0.05, 0) is 47.5 Å². The molecule has 6 aromatic rings. The second-order valence-corrected chi connectivity index (χ2v) is 7.27. The first-order valence-corrected chi connectivity index (χ1v) is 9.78. The number of hydrogen-bond donors (Lipinski definition) is 2. The lowest BCUT2D eigenvalue weighted by atomic mass is 10.0. The fraction of sp³-hybridized carbons (Fsp3) is 0. The van der Waals surface area contributed by atoms with Crippen LogP contribution in [-0.4, -0.2) is 25.1 Å². The van der Waals surface area contributed by atoms with E-state index in [1.165, 1.54) is 0 Å². The van der Waals surface area contributed by atoms with Crippen molar-refractivity contribution in [2.45, 2.75) is 0 Å². The predicted molar refractivity (Wildman–Crippen MR) is 120 cm³/mol. The number of pyridine rings is 2. The zero-order valence-corrected chi connectivity index (χ0v) is 16.0. The van der Waals surface area contributed by atoms with Gasteiger partial charge in [0.05, 0.1) is 11.2 Å². The highest BCUT2D eigenvalue weighted by Crippen LogP contribution is 2.34. The van der Waals surface area contributed by atoms with Crippen molar-refractivity contribution in [2.75, 3.05) is 0 Å². The molecule has 0 saturated heterocycles. The highest BCUT2D eigenvalue weighted by Gasteiger charge is 2.14. The monoisotopic (exact) mass is 387 g/mol. The molecule has 2 aromatic carbocycles. The van der Waals surface area contributed by atoms with Crippen molar-refractivity contribution >= 4 is 21.8 Å². The van der Waals surface area contributed by atoms with E-state index in [1.54, 1.807) is 12.4 Å². The maximum Gasteiger partial charge on any atom is 0.116 e. The molecule has 0 amide bonds. The minimum atomic E-state index is 0.907. The lowest BCUT2D eigenvalue weighted by Gasteiger charge is -2.02. The lowest BCUT2D eigenvalue weighted by molar-refractivity contribution is 1.12. The Morgan fingerprint density at radius 1 is 0.633 bits per heavy atom. The van der Waals surface area contributed by atoms with Crippen LogP contribution in [0.3, 0.4) is 0 Å². The Morgan fingerprint density at radius 3 is 2.27 bits per heavy atom. The fourth-order valence-corrected chi connectivity index (χ4v) is 3.99. The van der Waals surface area contributed by atoms with Crippen LogP contribution in [-0.2, 0) is 0 Å². The molecule has 2 N–H and O–H groups in total. The van der Waals surface area contributed by atoms with Crippen LogP contribution >= 0.6 is 0 Å². The van der Waals surface area contributed by atoms with E-state index in [4.69, 9.17) is 0 Å². The summed E-state index contributed by atoms with van der Waals surface area (Å²) < 4.78 is 0. The van der Waals surface area contributed by atoms with Gasteiger partial charge in [0.2, 0.25) is 0 Å². The smallest absolute Gasteiger partial charge is 0.116 e. The molecule has 0 aliphatic carbocycles. The summed E-state index contributed by atoms with van der Waals surface area (Å²) in [6.07, 6.45) is 7.35. The molecule has 6 rings (SSSR count). The maximum absolute atomic E-state index is 4.61. The van der Waals surface area contributed by atoms with Crippen molar-refractivity contribution < 1.29 is 0 Å². The number of aromatic nitrogens is 5. The third-order valence-electron chi connectivity index (χ3n) is 5.45. The highest BCUT2D eigenvalue weighted by molar-refractivity contribution is 6.01. The third kappa shape index (κ3) is 2.68.